The Morgan fingerprint density at radius 2 is 1.44 bits per heavy atom. The molecule has 0 saturated carbocycles. The van der Waals surface area contributed by atoms with Crippen LogP contribution in [0, 0.1) is 0 Å². The second-order valence-corrected chi connectivity index (χ2v) is 0.917. The van der Waals surface area contributed by atoms with Gasteiger partial charge in [0.2, 0.25) is 0 Å². The first kappa shape index (κ1) is 11.1. The zero-order valence-corrected chi connectivity index (χ0v) is 5.29. The smallest absolute Gasteiger partial charge is 0.0829 e. The quantitative estimate of drug-likeness (QED) is 0.541. The molecule has 0 radical (unpaired) electrons. The maximum absolute atomic E-state index is 7.62. The molecule has 3 heteroatoms. The first-order chi connectivity index (χ1) is 4.33. The molecule has 3 nitrogen and oxygen atoms in total. The molecule has 0 aromatic heterocycles. The molecule has 0 atom stereocenters. The van der Waals surface area contributed by atoms with Gasteiger partial charge in [-0.25, -0.2) is 0 Å². The summed E-state index contributed by atoms with van der Waals surface area (Å²) in [6.07, 6.45) is 2.62. The summed E-state index contributed by atoms with van der Waals surface area (Å²) in [4.78, 5) is 0. The van der Waals surface area contributed by atoms with Crippen molar-refractivity contribution in [2.75, 3.05) is 13.2 Å². The third kappa shape index (κ3) is 40.2. The van der Waals surface area contributed by atoms with Gasteiger partial charge < -0.3 is 14.9 Å². The van der Waals surface area contributed by atoms with Crippen LogP contribution in [0.2, 0.25) is 0 Å². The van der Waals surface area contributed by atoms with E-state index in [1.54, 1.807) is 0 Å². The average Bonchev–Trinajstić information content (AvgIpc) is 1.91. The minimum absolute atomic E-state index is 0.125. The van der Waals surface area contributed by atoms with Gasteiger partial charge in [-0.15, -0.1) is 0 Å². The van der Waals surface area contributed by atoms with Crippen molar-refractivity contribution >= 4 is 0 Å². The summed E-state index contributed by atoms with van der Waals surface area (Å²) in [6.45, 7) is 6.26. The van der Waals surface area contributed by atoms with Gasteiger partial charge in [-0.2, -0.15) is 0 Å². The van der Waals surface area contributed by atoms with E-state index in [9.17, 15) is 0 Å². The molecule has 0 aliphatic heterocycles. The highest BCUT2D eigenvalue weighted by molar-refractivity contribution is 4.57. The van der Waals surface area contributed by atoms with E-state index >= 15 is 0 Å². The Bertz CT molecular complexity index is 53.3. The van der Waals surface area contributed by atoms with Crippen molar-refractivity contribution in [3.63, 3.8) is 0 Å². The largest absolute Gasteiger partial charge is 0.474 e. The van der Waals surface area contributed by atoms with Crippen molar-refractivity contribution in [3.8, 4) is 0 Å². The number of hydrogen-bond acceptors (Lipinski definition) is 3. The summed E-state index contributed by atoms with van der Waals surface area (Å²) in [7, 11) is 0. The van der Waals surface area contributed by atoms with Crippen molar-refractivity contribution in [1.29, 1.82) is 0 Å². The van der Waals surface area contributed by atoms with E-state index in [0.29, 0.717) is 0 Å². The lowest BCUT2D eigenvalue weighted by Gasteiger charge is -1.76. The Kier molecular flexibility index (Phi) is 19.3. The standard InChI is InChI=1S/C4H6O.C2H6O2/c1-3-5-4-2;3-1-2-4/h3-4H,1-2H2;3-4H,1-2H2. The third-order valence-corrected chi connectivity index (χ3v) is 0.292. The fourth-order valence-electron chi connectivity index (χ4n) is 0.0680. The zero-order chi connectivity index (χ0) is 7.54. The second-order valence-electron chi connectivity index (χ2n) is 0.917. The minimum atomic E-state index is -0.125. The normalized spacial score (nSPS) is 6.44. The van der Waals surface area contributed by atoms with Crippen molar-refractivity contribution in [2.45, 2.75) is 0 Å². The van der Waals surface area contributed by atoms with Gasteiger partial charge in [-0.3, -0.25) is 0 Å². The van der Waals surface area contributed by atoms with Gasteiger partial charge in [-0.05, 0) is 0 Å². The molecule has 0 rings (SSSR count). The fourth-order valence-corrected chi connectivity index (χ4v) is 0.0680. The van der Waals surface area contributed by atoms with Gasteiger partial charge in [0.25, 0.3) is 0 Å². The number of aliphatic hydroxyl groups is 2. The van der Waals surface area contributed by atoms with E-state index in [4.69, 9.17) is 10.2 Å². The van der Waals surface area contributed by atoms with Crippen molar-refractivity contribution < 1.29 is 14.9 Å². The maximum Gasteiger partial charge on any atom is 0.0829 e. The third-order valence-electron chi connectivity index (χ3n) is 0.292. The topological polar surface area (TPSA) is 49.7 Å². The highest BCUT2D eigenvalue weighted by Gasteiger charge is 1.58. The highest BCUT2D eigenvalue weighted by Crippen LogP contribution is 1.65. The molecule has 0 aromatic rings. The van der Waals surface area contributed by atoms with E-state index in [0.717, 1.165) is 0 Å². The fraction of sp³-hybridized carbons (Fsp3) is 0.333. The molecule has 0 spiro atoms. The SMILES string of the molecule is C=COC=C.OCCO. The molecule has 0 aliphatic rings. The molecule has 0 fully saturated rings. The highest BCUT2D eigenvalue weighted by atomic mass is 16.5. The molecule has 54 valence electrons. The van der Waals surface area contributed by atoms with Gasteiger partial charge in [0, 0.05) is 0 Å². The summed E-state index contributed by atoms with van der Waals surface area (Å²) >= 11 is 0. The summed E-state index contributed by atoms with van der Waals surface area (Å²) in [5.41, 5.74) is 0. The lowest BCUT2D eigenvalue weighted by Crippen LogP contribution is -1.85. The molecular weight excluding hydrogens is 120 g/mol. The molecule has 0 heterocycles. The average molecular weight is 132 g/mol. The van der Waals surface area contributed by atoms with Crippen LogP contribution >= 0.6 is 0 Å². The zero-order valence-electron chi connectivity index (χ0n) is 5.29. The first-order valence-corrected chi connectivity index (χ1v) is 2.42. The summed E-state index contributed by atoms with van der Waals surface area (Å²) in [5, 5.41) is 15.2. The predicted molar refractivity (Wildman–Crippen MR) is 35.7 cm³/mol. The molecule has 0 unspecified atom stereocenters. The van der Waals surface area contributed by atoms with Gasteiger partial charge in [-0.1, -0.05) is 13.2 Å². The molecular formula is C6H12O3. The predicted octanol–water partition coefficient (Wildman–Crippen LogP) is 0.261. The van der Waals surface area contributed by atoms with Crippen LogP contribution in [0.15, 0.2) is 25.7 Å². The van der Waals surface area contributed by atoms with E-state index in [1.165, 1.54) is 12.5 Å². The monoisotopic (exact) mass is 132 g/mol. The molecule has 9 heavy (non-hydrogen) atoms. The van der Waals surface area contributed by atoms with Gasteiger partial charge in [0.15, 0.2) is 0 Å². The van der Waals surface area contributed by atoms with E-state index in [2.05, 4.69) is 17.9 Å². The van der Waals surface area contributed by atoms with Crippen LogP contribution in [0.4, 0.5) is 0 Å². The van der Waals surface area contributed by atoms with Crippen LogP contribution in [0.3, 0.4) is 0 Å². The maximum atomic E-state index is 7.62. The van der Waals surface area contributed by atoms with Gasteiger partial charge in [0.1, 0.15) is 0 Å². The molecule has 0 bridgehead atoms. The Morgan fingerprint density at radius 3 is 1.44 bits per heavy atom. The summed E-state index contributed by atoms with van der Waals surface area (Å²) in [5.74, 6) is 0. The Balaban J connectivity index is 0. The van der Waals surface area contributed by atoms with Crippen LogP contribution in [-0.2, 0) is 4.74 Å². The lowest BCUT2D eigenvalue weighted by molar-refractivity contribution is 0.186. The number of hydrogen-bond donors (Lipinski definition) is 2. The minimum Gasteiger partial charge on any atom is -0.474 e. The van der Waals surface area contributed by atoms with E-state index in [1.807, 2.05) is 0 Å². The van der Waals surface area contributed by atoms with Crippen LogP contribution in [0.1, 0.15) is 0 Å². The molecule has 0 aromatic carbocycles. The Labute approximate surface area is 54.9 Å². The second kappa shape index (κ2) is 15.7. The lowest BCUT2D eigenvalue weighted by atomic mass is 10.8. The van der Waals surface area contributed by atoms with Crippen molar-refractivity contribution in [3.05, 3.63) is 25.7 Å². The number of ether oxygens (including phenoxy) is 1. The van der Waals surface area contributed by atoms with Crippen LogP contribution < -0.4 is 0 Å². The first-order valence-electron chi connectivity index (χ1n) is 2.42. The van der Waals surface area contributed by atoms with E-state index in [-0.39, 0.29) is 13.2 Å². The van der Waals surface area contributed by atoms with Crippen LogP contribution in [-0.4, -0.2) is 23.4 Å². The summed E-state index contributed by atoms with van der Waals surface area (Å²) < 4.78 is 4.36. The number of rotatable bonds is 3. The Morgan fingerprint density at radius 1 is 1.11 bits per heavy atom. The molecule has 0 amide bonds. The van der Waals surface area contributed by atoms with Gasteiger partial charge in [0.05, 0.1) is 25.7 Å². The van der Waals surface area contributed by atoms with Crippen LogP contribution in [0.25, 0.3) is 0 Å². The van der Waals surface area contributed by atoms with Crippen molar-refractivity contribution in [1.82, 2.24) is 0 Å². The van der Waals surface area contributed by atoms with E-state index < -0.39 is 0 Å². The molecule has 0 aliphatic carbocycles. The van der Waals surface area contributed by atoms with Crippen molar-refractivity contribution in [2.24, 2.45) is 0 Å². The summed E-state index contributed by atoms with van der Waals surface area (Å²) in [6, 6.07) is 0. The number of aliphatic hydroxyl groups excluding tert-OH is 2. The van der Waals surface area contributed by atoms with Gasteiger partial charge >= 0.3 is 0 Å². The Hall–Kier alpha value is -0.800. The molecule has 0 saturated heterocycles. The molecule has 2 N–H and O–H groups in total. The van der Waals surface area contributed by atoms with Crippen LogP contribution in [0.5, 0.6) is 0 Å².